The van der Waals surface area contributed by atoms with E-state index in [0.717, 1.165) is 25.7 Å². The van der Waals surface area contributed by atoms with E-state index in [4.69, 9.17) is 0 Å². The number of hydrogen-bond acceptors (Lipinski definition) is 3. The second kappa shape index (κ2) is 32.9. The van der Waals surface area contributed by atoms with Crippen molar-refractivity contribution in [3.63, 3.8) is 0 Å². The first kappa shape index (κ1) is 39.4. The van der Waals surface area contributed by atoms with Gasteiger partial charge in [0.2, 0.25) is 5.91 Å². The average molecular weight is 568 g/mol. The summed E-state index contributed by atoms with van der Waals surface area (Å²) >= 11 is 0. The smallest absolute Gasteiger partial charge is 0.220 e. The van der Waals surface area contributed by atoms with E-state index in [1.807, 2.05) is 0 Å². The van der Waals surface area contributed by atoms with Gasteiger partial charge in [0.25, 0.3) is 0 Å². The highest BCUT2D eigenvalue weighted by Gasteiger charge is 2.19. The second-order valence-electron chi connectivity index (χ2n) is 12.7. The lowest BCUT2D eigenvalue weighted by Crippen LogP contribution is -2.45. The highest BCUT2D eigenvalue weighted by Crippen LogP contribution is 2.16. The van der Waals surface area contributed by atoms with Gasteiger partial charge >= 0.3 is 0 Å². The summed E-state index contributed by atoms with van der Waals surface area (Å²) in [4.78, 5) is 12.2. The Morgan fingerprint density at radius 1 is 0.500 bits per heavy atom. The third-order valence-electron chi connectivity index (χ3n) is 8.62. The maximum absolute atomic E-state index is 12.2. The van der Waals surface area contributed by atoms with Crippen LogP contribution in [0, 0.1) is 0 Å². The first-order valence-electron chi connectivity index (χ1n) is 18.2. The number of amides is 1. The van der Waals surface area contributed by atoms with Gasteiger partial charge < -0.3 is 15.5 Å². The normalized spacial score (nSPS) is 13.0. The number of aliphatic hydroxyl groups excluding tert-OH is 2. The van der Waals surface area contributed by atoms with Gasteiger partial charge in [-0.15, -0.1) is 0 Å². The molecule has 0 saturated carbocycles. The maximum Gasteiger partial charge on any atom is 0.220 e. The van der Waals surface area contributed by atoms with Crippen molar-refractivity contribution in [1.29, 1.82) is 0 Å². The van der Waals surface area contributed by atoms with E-state index in [0.29, 0.717) is 12.8 Å². The minimum atomic E-state index is -0.650. The van der Waals surface area contributed by atoms with Gasteiger partial charge in [-0.2, -0.15) is 0 Å². The minimum Gasteiger partial charge on any atom is -0.394 e. The van der Waals surface area contributed by atoms with E-state index in [1.165, 1.54) is 154 Å². The Balaban J connectivity index is 3.48. The summed E-state index contributed by atoms with van der Waals surface area (Å²) in [5.74, 6) is -0.0331. The first-order chi connectivity index (χ1) is 19.7. The van der Waals surface area contributed by atoms with E-state index in [-0.39, 0.29) is 12.5 Å². The molecule has 0 aromatic heterocycles. The fourth-order valence-corrected chi connectivity index (χ4v) is 5.77. The van der Waals surface area contributed by atoms with Crippen molar-refractivity contribution >= 4 is 5.91 Å². The third kappa shape index (κ3) is 28.9. The van der Waals surface area contributed by atoms with Crippen molar-refractivity contribution in [1.82, 2.24) is 5.32 Å². The molecule has 0 aliphatic rings. The number of carbonyl (C=O) groups is 1. The molecular weight excluding hydrogens is 494 g/mol. The Labute approximate surface area is 251 Å². The topological polar surface area (TPSA) is 69.6 Å². The number of nitrogens with one attached hydrogen (secondary N) is 1. The zero-order chi connectivity index (χ0) is 29.4. The molecule has 0 saturated heterocycles. The van der Waals surface area contributed by atoms with Gasteiger partial charge in [0.1, 0.15) is 0 Å². The molecule has 40 heavy (non-hydrogen) atoms. The summed E-state index contributed by atoms with van der Waals surface area (Å²) in [5, 5.41) is 23.0. The molecule has 4 heteroatoms. The fourth-order valence-electron chi connectivity index (χ4n) is 5.77. The number of aliphatic hydroxyl groups is 2. The van der Waals surface area contributed by atoms with Crippen molar-refractivity contribution in [2.45, 2.75) is 219 Å². The summed E-state index contributed by atoms with van der Waals surface area (Å²) in [6, 6.07) is -0.526. The van der Waals surface area contributed by atoms with Crippen molar-refractivity contribution in [2.24, 2.45) is 0 Å². The summed E-state index contributed by atoms with van der Waals surface area (Å²) in [7, 11) is 0. The van der Waals surface area contributed by atoms with Crippen LogP contribution < -0.4 is 5.32 Å². The zero-order valence-corrected chi connectivity index (χ0v) is 27.4. The van der Waals surface area contributed by atoms with Gasteiger partial charge in [0.05, 0.1) is 18.8 Å². The van der Waals surface area contributed by atoms with Crippen LogP contribution in [0.15, 0.2) is 0 Å². The molecule has 0 aromatic carbocycles. The lowest BCUT2D eigenvalue weighted by Gasteiger charge is -2.22. The van der Waals surface area contributed by atoms with Gasteiger partial charge in [0.15, 0.2) is 0 Å². The Kier molecular flexibility index (Phi) is 32.4. The molecule has 0 aliphatic carbocycles. The summed E-state index contributed by atoms with van der Waals surface area (Å²) in [6.07, 6.45) is 37.3. The van der Waals surface area contributed by atoms with Gasteiger partial charge in [-0.25, -0.2) is 0 Å². The molecule has 3 N–H and O–H groups in total. The molecule has 0 rings (SSSR count). The number of rotatable bonds is 33. The minimum absolute atomic E-state index is 0.0331. The summed E-state index contributed by atoms with van der Waals surface area (Å²) < 4.78 is 0. The van der Waals surface area contributed by atoms with Crippen LogP contribution in [-0.4, -0.2) is 34.9 Å². The monoisotopic (exact) mass is 568 g/mol. The van der Waals surface area contributed by atoms with E-state index in [1.54, 1.807) is 0 Å². The molecular formula is C36H73NO3. The molecule has 0 radical (unpaired) electrons. The van der Waals surface area contributed by atoms with E-state index < -0.39 is 12.1 Å². The van der Waals surface area contributed by atoms with Crippen LogP contribution in [0.5, 0.6) is 0 Å². The molecule has 0 aromatic rings. The maximum atomic E-state index is 12.2. The van der Waals surface area contributed by atoms with Crippen LogP contribution in [0.25, 0.3) is 0 Å². The molecule has 2 unspecified atom stereocenters. The van der Waals surface area contributed by atoms with Crippen LogP contribution >= 0.6 is 0 Å². The fraction of sp³-hybridized carbons (Fsp3) is 0.972. The van der Waals surface area contributed by atoms with Gasteiger partial charge in [0, 0.05) is 6.42 Å². The lowest BCUT2D eigenvalue weighted by molar-refractivity contribution is -0.123. The van der Waals surface area contributed by atoms with Crippen LogP contribution in [0.1, 0.15) is 206 Å². The SMILES string of the molecule is CCCCCCCCCCCCCCCCCCCCCC(O)C(CO)NC(=O)CCCCCCCCCCC. The predicted octanol–water partition coefficient (Wildman–Crippen LogP) is 10.6. The Bertz CT molecular complexity index is 498. The van der Waals surface area contributed by atoms with Crippen LogP contribution in [0.2, 0.25) is 0 Å². The first-order valence-corrected chi connectivity index (χ1v) is 18.2. The highest BCUT2D eigenvalue weighted by atomic mass is 16.3. The van der Waals surface area contributed by atoms with Crippen molar-refractivity contribution < 1.29 is 15.0 Å². The Morgan fingerprint density at radius 2 is 0.800 bits per heavy atom. The molecule has 240 valence electrons. The van der Waals surface area contributed by atoms with Crippen LogP contribution in [0.4, 0.5) is 0 Å². The predicted molar refractivity (Wildman–Crippen MR) is 175 cm³/mol. The average Bonchev–Trinajstić information content (AvgIpc) is 2.96. The van der Waals surface area contributed by atoms with E-state index in [2.05, 4.69) is 19.2 Å². The standard InChI is InChI=1S/C36H73NO3/c1-3-5-7-9-11-13-14-15-16-17-18-19-20-21-22-24-25-27-29-31-35(39)34(33-38)37-36(40)32-30-28-26-23-12-10-8-6-4-2/h34-35,38-39H,3-33H2,1-2H3,(H,37,40). The molecule has 0 fully saturated rings. The molecule has 4 nitrogen and oxygen atoms in total. The Morgan fingerprint density at radius 3 is 1.12 bits per heavy atom. The van der Waals surface area contributed by atoms with Gasteiger partial charge in [-0.05, 0) is 12.8 Å². The Hall–Kier alpha value is -0.610. The summed E-state index contributed by atoms with van der Waals surface area (Å²) in [5.41, 5.74) is 0. The van der Waals surface area contributed by atoms with E-state index in [9.17, 15) is 15.0 Å². The quantitative estimate of drug-likeness (QED) is 0.0691. The van der Waals surface area contributed by atoms with E-state index >= 15 is 0 Å². The second-order valence-corrected chi connectivity index (χ2v) is 12.7. The number of hydrogen-bond donors (Lipinski definition) is 3. The lowest BCUT2D eigenvalue weighted by atomic mass is 10.0. The number of unbranched alkanes of at least 4 members (excludes halogenated alkanes) is 26. The largest absolute Gasteiger partial charge is 0.394 e. The molecule has 2 atom stereocenters. The zero-order valence-electron chi connectivity index (χ0n) is 27.4. The van der Waals surface area contributed by atoms with Crippen LogP contribution in [-0.2, 0) is 4.79 Å². The van der Waals surface area contributed by atoms with Gasteiger partial charge in [-0.1, -0.05) is 187 Å². The van der Waals surface area contributed by atoms with Crippen molar-refractivity contribution in [3.8, 4) is 0 Å². The molecule has 0 bridgehead atoms. The molecule has 0 aliphatic heterocycles. The highest BCUT2D eigenvalue weighted by molar-refractivity contribution is 5.76. The van der Waals surface area contributed by atoms with Crippen LogP contribution in [0.3, 0.4) is 0 Å². The molecule has 0 heterocycles. The third-order valence-corrected chi connectivity index (χ3v) is 8.62. The van der Waals surface area contributed by atoms with Crippen molar-refractivity contribution in [3.05, 3.63) is 0 Å². The van der Waals surface area contributed by atoms with Crippen molar-refractivity contribution in [2.75, 3.05) is 6.61 Å². The molecule has 1 amide bonds. The molecule has 0 spiro atoms. The summed E-state index contributed by atoms with van der Waals surface area (Å²) in [6.45, 7) is 4.34. The number of carbonyl (C=O) groups excluding carboxylic acids is 1. The van der Waals surface area contributed by atoms with Gasteiger partial charge in [-0.3, -0.25) is 4.79 Å².